The summed E-state index contributed by atoms with van der Waals surface area (Å²) in [5.74, 6) is -0.835. The van der Waals surface area contributed by atoms with Crippen LogP contribution < -0.4 is 4.90 Å². The van der Waals surface area contributed by atoms with E-state index in [9.17, 15) is 9.90 Å². The fourth-order valence-electron chi connectivity index (χ4n) is 3.76. The van der Waals surface area contributed by atoms with Crippen molar-refractivity contribution < 1.29 is 9.90 Å². The third-order valence-electron chi connectivity index (χ3n) is 5.14. The fraction of sp³-hybridized carbons (Fsp3) is 0.125. The van der Waals surface area contributed by atoms with Gasteiger partial charge in [0.1, 0.15) is 0 Å². The van der Waals surface area contributed by atoms with Gasteiger partial charge >= 0.3 is 5.97 Å². The standard InChI is InChI=1S/C24H20Cl2N2O2/c1-27(24-20(25)9-5-10-21(24)26)18-7-4-6-16(12-18)14-28-15-17(13-23(29)30)19-8-2-3-11-22(19)28/h2-12,15H,13-14H2,1H3,(H,29,30). The minimum atomic E-state index is -0.835. The second kappa shape index (κ2) is 8.42. The van der Waals surface area contributed by atoms with Crippen molar-refractivity contribution in [2.45, 2.75) is 13.0 Å². The van der Waals surface area contributed by atoms with E-state index in [1.807, 2.05) is 72.7 Å². The number of nitrogens with zero attached hydrogens (tertiary/aromatic N) is 2. The van der Waals surface area contributed by atoms with Crippen LogP contribution in [0.25, 0.3) is 10.9 Å². The van der Waals surface area contributed by atoms with Crippen LogP contribution in [0.1, 0.15) is 11.1 Å². The first kappa shape index (κ1) is 20.3. The highest BCUT2D eigenvalue weighted by atomic mass is 35.5. The first-order valence-corrected chi connectivity index (χ1v) is 10.2. The molecule has 0 atom stereocenters. The van der Waals surface area contributed by atoms with Crippen LogP contribution in [-0.2, 0) is 17.8 Å². The molecule has 4 nitrogen and oxygen atoms in total. The lowest BCUT2D eigenvalue weighted by atomic mass is 10.1. The molecular formula is C24H20Cl2N2O2. The summed E-state index contributed by atoms with van der Waals surface area (Å²) in [5.41, 5.74) is 4.64. The van der Waals surface area contributed by atoms with Gasteiger partial charge in [0.05, 0.1) is 22.2 Å². The molecule has 0 aliphatic rings. The number of hydrogen-bond acceptors (Lipinski definition) is 2. The van der Waals surface area contributed by atoms with Crippen molar-refractivity contribution in [2.75, 3.05) is 11.9 Å². The first-order valence-electron chi connectivity index (χ1n) is 9.49. The van der Waals surface area contributed by atoms with Gasteiger partial charge in [-0.1, -0.05) is 59.6 Å². The molecule has 0 fully saturated rings. The number of carboxylic acid groups (broad SMARTS) is 1. The average Bonchev–Trinajstić information content (AvgIpc) is 3.05. The van der Waals surface area contributed by atoms with Crippen LogP contribution in [0.15, 0.2) is 72.9 Å². The molecule has 1 N–H and O–H groups in total. The zero-order valence-corrected chi connectivity index (χ0v) is 17.9. The largest absolute Gasteiger partial charge is 0.481 e. The smallest absolute Gasteiger partial charge is 0.307 e. The van der Waals surface area contributed by atoms with E-state index in [2.05, 4.69) is 16.7 Å². The van der Waals surface area contributed by atoms with Crippen molar-refractivity contribution >= 4 is 51.4 Å². The van der Waals surface area contributed by atoms with Crippen LogP contribution in [0.4, 0.5) is 11.4 Å². The van der Waals surface area contributed by atoms with Crippen molar-refractivity contribution in [3.05, 3.63) is 94.1 Å². The van der Waals surface area contributed by atoms with Gasteiger partial charge in [-0.15, -0.1) is 0 Å². The Bertz CT molecular complexity index is 1210. The number of carbonyl (C=O) groups is 1. The van der Waals surface area contributed by atoms with Gasteiger partial charge in [0.15, 0.2) is 0 Å². The number of aromatic nitrogens is 1. The Labute approximate surface area is 184 Å². The molecule has 6 heteroatoms. The molecule has 4 rings (SSSR count). The monoisotopic (exact) mass is 438 g/mol. The number of rotatable bonds is 6. The molecule has 0 bridgehead atoms. The quantitative estimate of drug-likeness (QED) is 0.379. The maximum atomic E-state index is 11.3. The van der Waals surface area contributed by atoms with E-state index in [0.717, 1.165) is 33.4 Å². The molecule has 0 amide bonds. The summed E-state index contributed by atoms with van der Waals surface area (Å²) in [6.45, 7) is 0.623. The van der Waals surface area contributed by atoms with Crippen molar-refractivity contribution in [1.29, 1.82) is 0 Å². The number of benzene rings is 3. The lowest BCUT2D eigenvalue weighted by Crippen LogP contribution is -2.11. The van der Waals surface area contributed by atoms with Gasteiger partial charge in [0, 0.05) is 36.4 Å². The summed E-state index contributed by atoms with van der Waals surface area (Å²) in [7, 11) is 1.93. The lowest BCUT2D eigenvalue weighted by Gasteiger charge is -2.22. The Morgan fingerprint density at radius 3 is 2.43 bits per heavy atom. The molecule has 4 aromatic rings. The molecule has 0 radical (unpaired) electrons. The molecule has 152 valence electrons. The highest BCUT2D eigenvalue weighted by Gasteiger charge is 2.14. The lowest BCUT2D eigenvalue weighted by molar-refractivity contribution is -0.136. The zero-order valence-electron chi connectivity index (χ0n) is 16.3. The average molecular weight is 439 g/mol. The number of fused-ring (bicyclic) bond motifs is 1. The van der Waals surface area contributed by atoms with Crippen LogP contribution in [0.3, 0.4) is 0 Å². The molecule has 0 saturated carbocycles. The van der Waals surface area contributed by atoms with Gasteiger partial charge in [0.25, 0.3) is 0 Å². The molecule has 0 aliphatic carbocycles. The molecule has 0 aliphatic heterocycles. The van der Waals surface area contributed by atoms with E-state index in [1.165, 1.54) is 0 Å². The van der Waals surface area contributed by atoms with Crippen LogP contribution in [0.5, 0.6) is 0 Å². The summed E-state index contributed by atoms with van der Waals surface area (Å²) >= 11 is 12.8. The zero-order chi connectivity index (χ0) is 21.3. The summed E-state index contributed by atoms with van der Waals surface area (Å²) in [4.78, 5) is 13.2. The van der Waals surface area contributed by atoms with Crippen LogP contribution >= 0.6 is 23.2 Å². The summed E-state index contributed by atoms with van der Waals surface area (Å²) < 4.78 is 2.09. The van der Waals surface area contributed by atoms with Crippen molar-refractivity contribution in [3.63, 3.8) is 0 Å². The minimum Gasteiger partial charge on any atom is -0.481 e. The Kier molecular flexibility index (Phi) is 5.71. The van der Waals surface area contributed by atoms with Gasteiger partial charge < -0.3 is 14.6 Å². The Morgan fingerprint density at radius 2 is 1.70 bits per heavy atom. The summed E-state index contributed by atoms with van der Waals surface area (Å²) in [6.07, 6.45) is 1.93. The number of hydrogen-bond donors (Lipinski definition) is 1. The van der Waals surface area contributed by atoms with E-state index in [1.54, 1.807) is 0 Å². The molecule has 1 heterocycles. The van der Waals surface area contributed by atoms with E-state index >= 15 is 0 Å². The fourth-order valence-corrected chi connectivity index (χ4v) is 4.41. The van der Waals surface area contributed by atoms with E-state index in [-0.39, 0.29) is 6.42 Å². The predicted molar refractivity (Wildman–Crippen MR) is 123 cm³/mol. The number of para-hydroxylation sites is 2. The number of aliphatic carboxylic acids is 1. The minimum absolute atomic E-state index is 0.00129. The van der Waals surface area contributed by atoms with E-state index in [4.69, 9.17) is 23.2 Å². The highest BCUT2D eigenvalue weighted by molar-refractivity contribution is 6.39. The Balaban J connectivity index is 1.68. The number of halogens is 2. The molecule has 0 saturated heterocycles. The topological polar surface area (TPSA) is 45.5 Å². The highest BCUT2D eigenvalue weighted by Crippen LogP contribution is 2.37. The van der Waals surface area contributed by atoms with Crippen molar-refractivity contribution in [2.24, 2.45) is 0 Å². The normalized spacial score (nSPS) is 11.0. The number of anilines is 2. The third-order valence-corrected chi connectivity index (χ3v) is 5.75. The first-order chi connectivity index (χ1) is 14.4. The van der Waals surface area contributed by atoms with E-state index < -0.39 is 5.97 Å². The van der Waals surface area contributed by atoms with Crippen LogP contribution in [0, 0.1) is 0 Å². The van der Waals surface area contributed by atoms with E-state index in [0.29, 0.717) is 16.6 Å². The SMILES string of the molecule is CN(c1cccc(Cn2cc(CC(=O)O)c3ccccc32)c1)c1c(Cl)cccc1Cl. The van der Waals surface area contributed by atoms with Gasteiger partial charge in [-0.3, -0.25) is 4.79 Å². The predicted octanol–water partition coefficient (Wildman–Crippen LogP) is 6.39. The molecule has 30 heavy (non-hydrogen) atoms. The molecular weight excluding hydrogens is 419 g/mol. The van der Waals surface area contributed by atoms with Crippen LogP contribution in [0.2, 0.25) is 10.0 Å². The van der Waals surface area contributed by atoms with Crippen molar-refractivity contribution in [3.8, 4) is 0 Å². The Hall–Kier alpha value is -2.95. The molecule has 0 spiro atoms. The van der Waals surface area contributed by atoms with Crippen LogP contribution in [-0.4, -0.2) is 22.7 Å². The second-order valence-electron chi connectivity index (χ2n) is 7.17. The van der Waals surface area contributed by atoms with Gasteiger partial charge in [0.2, 0.25) is 0 Å². The number of carboxylic acids is 1. The molecule has 1 aromatic heterocycles. The molecule has 0 unspecified atom stereocenters. The summed E-state index contributed by atoms with van der Waals surface area (Å²) in [5, 5.41) is 11.4. The van der Waals surface area contributed by atoms with Crippen molar-refractivity contribution in [1.82, 2.24) is 4.57 Å². The maximum Gasteiger partial charge on any atom is 0.307 e. The van der Waals surface area contributed by atoms with Gasteiger partial charge in [-0.25, -0.2) is 0 Å². The Morgan fingerprint density at radius 1 is 1.00 bits per heavy atom. The molecule has 3 aromatic carbocycles. The van der Waals surface area contributed by atoms with Gasteiger partial charge in [-0.05, 0) is 41.5 Å². The van der Waals surface area contributed by atoms with Gasteiger partial charge in [-0.2, -0.15) is 0 Å². The second-order valence-corrected chi connectivity index (χ2v) is 7.98. The summed E-state index contributed by atoms with van der Waals surface area (Å²) in [6, 6.07) is 21.5. The maximum absolute atomic E-state index is 11.3. The third kappa shape index (κ3) is 4.02.